The van der Waals surface area contributed by atoms with Gasteiger partial charge in [0.2, 0.25) is 5.91 Å². The van der Waals surface area contributed by atoms with Crippen molar-refractivity contribution in [2.75, 3.05) is 45.8 Å². The van der Waals surface area contributed by atoms with Gasteiger partial charge in [-0.25, -0.2) is 4.79 Å². The molecule has 1 N–H and O–H groups in total. The van der Waals surface area contributed by atoms with Crippen LogP contribution in [0.25, 0.3) is 0 Å². The van der Waals surface area contributed by atoms with Crippen LogP contribution in [0.2, 0.25) is 0 Å². The highest BCUT2D eigenvalue weighted by molar-refractivity contribution is 5.92. The zero-order chi connectivity index (χ0) is 22.6. The average molecular weight is 431 g/mol. The fourth-order valence-electron chi connectivity index (χ4n) is 3.09. The Hall–Kier alpha value is -3.00. The Morgan fingerprint density at radius 3 is 2.39 bits per heavy atom. The van der Waals surface area contributed by atoms with Gasteiger partial charge >= 0.3 is 6.03 Å². The third-order valence-corrected chi connectivity index (χ3v) is 5.06. The lowest BCUT2D eigenvalue weighted by molar-refractivity contribution is -0.133. The topological polar surface area (TPSA) is 76.0 Å². The number of aryl methyl sites for hydroxylation is 1. The molecule has 8 heteroatoms. The van der Waals surface area contributed by atoms with Gasteiger partial charge in [0.15, 0.2) is 0 Å². The number of nitrogens with zero attached hydrogens (tertiary/aromatic N) is 3. The summed E-state index contributed by atoms with van der Waals surface area (Å²) >= 11 is 0. The summed E-state index contributed by atoms with van der Waals surface area (Å²) in [6.45, 7) is 3.93. The summed E-state index contributed by atoms with van der Waals surface area (Å²) < 4.78 is 12.3. The van der Waals surface area contributed by atoms with E-state index in [1.165, 1.54) is 0 Å². The molecule has 1 aromatic heterocycles. The van der Waals surface area contributed by atoms with E-state index >= 15 is 0 Å². The minimum atomic E-state index is -0.294. The van der Waals surface area contributed by atoms with Gasteiger partial charge < -0.3 is 29.2 Å². The van der Waals surface area contributed by atoms with Crippen LogP contribution in [0.5, 0.6) is 5.75 Å². The molecular weight excluding hydrogens is 396 g/mol. The van der Waals surface area contributed by atoms with Crippen LogP contribution >= 0.6 is 0 Å². The first-order valence-corrected chi connectivity index (χ1v) is 10.5. The number of unbranched alkanes of at least 4 members (excludes halogenated alkanes) is 1. The first kappa shape index (κ1) is 24.3. The molecule has 0 bridgehead atoms. The lowest BCUT2D eigenvalue weighted by Crippen LogP contribution is -2.45. The summed E-state index contributed by atoms with van der Waals surface area (Å²) in [6, 6.07) is 10.8. The number of ether oxygens (including phenoxy) is 2. The summed E-state index contributed by atoms with van der Waals surface area (Å²) in [5, 5.41) is 2.88. The van der Waals surface area contributed by atoms with Crippen LogP contribution in [0.1, 0.15) is 25.5 Å². The first-order chi connectivity index (χ1) is 15.0. The van der Waals surface area contributed by atoms with Gasteiger partial charge in [-0.15, -0.1) is 0 Å². The molecule has 3 amide bonds. The van der Waals surface area contributed by atoms with Gasteiger partial charge in [-0.3, -0.25) is 4.79 Å². The fraction of sp³-hybridized carbons (Fsp3) is 0.478. The highest BCUT2D eigenvalue weighted by Gasteiger charge is 2.22. The molecule has 0 unspecified atom stereocenters. The van der Waals surface area contributed by atoms with E-state index in [0.29, 0.717) is 37.7 Å². The maximum Gasteiger partial charge on any atom is 0.322 e. The number of hydrogen-bond donors (Lipinski definition) is 1. The Morgan fingerprint density at radius 2 is 1.81 bits per heavy atom. The third-order valence-electron chi connectivity index (χ3n) is 5.06. The predicted octanol–water partition coefficient (Wildman–Crippen LogP) is 3.34. The van der Waals surface area contributed by atoms with E-state index in [2.05, 4.69) is 12.2 Å². The summed E-state index contributed by atoms with van der Waals surface area (Å²) in [4.78, 5) is 29.3. The number of rotatable bonds is 12. The average Bonchev–Trinajstić information content (AvgIpc) is 3.18. The lowest BCUT2D eigenvalue weighted by Gasteiger charge is -2.28. The van der Waals surface area contributed by atoms with Crippen molar-refractivity contribution in [3.63, 3.8) is 0 Å². The molecule has 170 valence electrons. The predicted molar refractivity (Wildman–Crippen MR) is 121 cm³/mol. The number of nitrogens with one attached hydrogen (secondary N) is 1. The van der Waals surface area contributed by atoms with E-state index in [-0.39, 0.29) is 18.5 Å². The minimum absolute atomic E-state index is 0.0100. The number of methoxy groups -OCH3 is 2. The third kappa shape index (κ3) is 7.64. The Bertz CT molecular complexity index is 819. The number of aromatic nitrogens is 1. The highest BCUT2D eigenvalue weighted by Crippen LogP contribution is 2.16. The molecule has 0 fully saturated rings. The molecule has 0 spiro atoms. The molecule has 8 nitrogen and oxygen atoms in total. The smallest absolute Gasteiger partial charge is 0.322 e. The van der Waals surface area contributed by atoms with Crippen molar-refractivity contribution in [3.8, 4) is 5.75 Å². The van der Waals surface area contributed by atoms with Gasteiger partial charge in [-0.1, -0.05) is 13.3 Å². The van der Waals surface area contributed by atoms with Crippen LogP contribution in [-0.4, -0.2) is 66.8 Å². The van der Waals surface area contributed by atoms with Crippen molar-refractivity contribution in [1.82, 2.24) is 14.4 Å². The summed E-state index contributed by atoms with van der Waals surface area (Å²) in [5.74, 6) is 0.602. The van der Waals surface area contributed by atoms with Crippen molar-refractivity contribution >= 4 is 17.6 Å². The van der Waals surface area contributed by atoms with Crippen LogP contribution in [-0.2, 0) is 23.1 Å². The van der Waals surface area contributed by atoms with Crippen molar-refractivity contribution < 1.29 is 19.1 Å². The number of anilines is 1. The van der Waals surface area contributed by atoms with Crippen LogP contribution < -0.4 is 10.1 Å². The van der Waals surface area contributed by atoms with Crippen molar-refractivity contribution in [1.29, 1.82) is 0 Å². The van der Waals surface area contributed by atoms with E-state index in [4.69, 9.17) is 9.47 Å². The molecule has 0 saturated heterocycles. The number of urea groups is 1. The minimum Gasteiger partial charge on any atom is -0.497 e. The van der Waals surface area contributed by atoms with E-state index in [0.717, 1.165) is 18.5 Å². The van der Waals surface area contributed by atoms with E-state index in [1.54, 1.807) is 48.3 Å². The summed E-state index contributed by atoms with van der Waals surface area (Å²) in [7, 11) is 5.15. The number of amides is 3. The normalized spacial score (nSPS) is 10.6. The van der Waals surface area contributed by atoms with Gasteiger partial charge in [-0.2, -0.15) is 0 Å². The van der Waals surface area contributed by atoms with Crippen molar-refractivity contribution in [3.05, 3.63) is 48.3 Å². The molecule has 0 radical (unpaired) electrons. The highest BCUT2D eigenvalue weighted by atomic mass is 16.5. The Kier molecular flexibility index (Phi) is 9.90. The van der Waals surface area contributed by atoms with Gasteiger partial charge in [-0.05, 0) is 42.8 Å². The maximum absolute atomic E-state index is 13.1. The number of hydrogen-bond acceptors (Lipinski definition) is 4. The molecule has 0 aliphatic heterocycles. The van der Waals surface area contributed by atoms with Gasteiger partial charge in [0.25, 0.3) is 0 Å². The largest absolute Gasteiger partial charge is 0.497 e. The standard InChI is InChI=1S/C23H34N4O4/c1-5-6-14-27(23(29)24-19-9-11-21(31-4)12-10-19)18-22(28)26(15-16-30-3)17-20-8-7-13-25(20)2/h7-13H,5-6,14-18H2,1-4H3,(H,24,29). The van der Waals surface area contributed by atoms with Crippen LogP contribution in [0.15, 0.2) is 42.6 Å². The zero-order valence-corrected chi connectivity index (χ0v) is 19.0. The molecule has 2 aromatic rings. The van der Waals surface area contributed by atoms with E-state index in [9.17, 15) is 9.59 Å². The Labute approximate surface area is 184 Å². The Balaban J connectivity index is 2.08. The molecule has 2 rings (SSSR count). The van der Waals surface area contributed by atoms with Crippen LogP contribution in [0.3, 0.4) is 0 Å². The molecule has 31 heavy (non-hydrogen) atoms. The van der Waals surface area contributed by atoms with Gasteiger partial charge in [0, 0.05) is 44.8 Å². The molecule has 1 aromatic carbocycles. The number of carbonyl (C=O) groups is 2. The fourth-order valence-corrected chi connectivity index (χ4v) is 3.09. The monoisotopic (exact) mass is 430 g/mol. The zero-order valence-electron chi connectivity index (χ0n) is 19.0. The maximum atomic E-state index is 13.1. The van der Waals surface area contributed by atoms with E-state index < -0.39 is 0 Å². The van der Waals surface area contributed by atoms with Gasteiger partial charge in [0.05, 0.1) is 20.3 Å². The lowest BCUT2D eigenvalue weighted by atomic mass is 10.3. The Morgan fingerprint density at radius 1 is 1.06 bits per heavy atom. The molecule has 0 atom stereocenters. The number of carbonyl (C=O) groups excluding carboxylic acids is 2. The molecule has 0 saturated carbocycles. The molecule has 1 heterocycles. The summed E-state index contributed by atoms with van der Waals surface area (Å²) in [6.07, 6.45) is 3.70. The summed E-state index contributed by atoms with van der Waals surface area (Å²) in [5.41, 5.74) is 1.67. The van der Waals surface area contributed by atoms with Crippen molar-refractivity contribution in [2.24, 2.45) is 7.05 Å². The second-order valence-corrected chi connectivity index (χ2v) is 7.35. The molecule has 0 aliphatic rings. The van der Waals surface area contributed by atoms with Crippen molar-refractivity contribution in [2.45, 2.75) is 26.3 Å². The second kappa shape index (κ2) is 12.6. The quantitative estimate of drug-likeness (QED) is 0.560. The molecular formula is C23H34N4O4. The van der Waals surface area contributed by atoms with Gasteiger partial charge in [0.1, 0.15) is 12.3 Å². The SMILES string of the molecule is CCCCN(CC(=O)N(CCOC)Cc1cccn1C)C(=O)Nc1ccc(OC)cc1. The number of benzene rings is 1. The second-order valence-electron chi connectivity index (χ2n) is 7.35. The molecule has 0 aliphatic carbocycles. The van der Waals surface area contributed by atoms with E-state index in [1.807, 2.05) is 29.9 Å². The first-order valence-electron chi connectivity index (χ1n) is 10.5. The van der Waals surface area contributed by atoms with Crippen LogP contribution in [0, 0.1) is 0 Å². The van der Waals surface area contributed by atoms with Crippen LogP contribution in [0.4, 0.5) is 10.5 Å².